The van der Waals surface area contributed by atoms with E-state index in [1.54, 1.807) is 4.90 Å². The van der Waals surface area contributed by atoms with Crippen molar-refractivity contribution < 1.29 is 33.3 Å². The van der Waals surface area contributed by atoms with Gasteiger partial charge < -0.3 is 29.2 Å². The number of carbonyl (C=O) groups is 3. The maximum atomic E-state index is 12.7. The number of rotatable bonds is 8. The van der Waals surface area contributed by atoms with Crippen molar-refractivity contribution in [1.29, 1.82) is 0 Å². The standard InChI is InChI=1S/C23H26N2O7/c1-14(23(28)25-10-9-15-7-5-6-8-17(15)25)32-20(26)13-24-22(27)16-11-18(29-2)21(31-4)19(12-16)30-3/h5-8,11-12,14H,9-10,13H2,1-4H3,(H,24,27). The summed E-state index contributed by atoms with van der Waals surface area (Å²) in [6.45, 7) is 1.66. The molecule has 1 atom stereocenters. The SMILES string of the molecule is COc1cc(C(=O)NCC(=O)OC(C)C(=O)N2CCc3ccccc32)cc(OC)c1OC. The number of amides is 2. The van der Waals surface area contributed by atoms with Crippen LogP contribution in [-0.2, 0) is 20.7 Å². The third-order valence-electron chi connectivity index (χ3n) is 5.13. The summed E-state index contributed by atoms with van der Waals surface area (Å²) in [6, 6.07) is 10.6. The van der Waals surface area contributed by atoms with Crippen LogP contribution in [0.3, 0.4) is 0 Å². The topological polar surface area (TPSA) is 103 Å². The lowest BCUT2D eigenvalue weighted by Gasteiger charge is -2.21. The average molecular weight is 442 g/mol. The zero-order chi connectivity index (χ0) is 23.3. The summed E-state index contributed by atoms with van der Waals surface area (Å²) in [4.78, 5) is 39.1. The lowest BCUT2D eigenvalue weighted by atomic mass is 10.1. The summed E-state index contributed by atoms with van der Waals surface area (Å²) in [5.74, 6) is -0.594. The van der Waals surface area contributed by atoms with Crippen molar-refractivity contribution in [1.82, 2.24) is 5.32 Å². The molecule has 2 amide bonds. The Balaban J connectivity index is 1.58. The van der Waals surface area contributed by atoms with E-state index in [9.17, 15) is 14.4 Å². The highest BCUT2D eigenvalue weighted by molar-refractivity contribution is 6.00. The van der Waals surface area contributed by atoms with E-state index in [1.165, 1.54) is 40.4 Å². The molecule has 0 spiro atoms. The third kappa shape index (κ3) is 4.77. The van der Waals surface area contributed by atoms with Gasteiger partial charge in [-0.15, -0.1) is 0 Å². The lowest BCUT2D eigenvalue weighted by molar-refractivity contribution is -0.152. The van der Waals surface area contributed by atoms with Gasteiger partial charge in [0.15, 0.2) is 17.6 Å². The van der Waals surface area contributed by atoms with E-state index in [1.807, 2.05) is 24.3 Å². The number of carbonyl (C=O) groups excluding carboxylic acids is 3. The lowest BCUT2D eigenvalue weighted by Crippen LogP contribution is -2.41. The molecule has 0 radical (unpaired) electrons. The minimum atomic E-state index is -0.980. The van der Waals surface area contributed by atoms with Gasteiger partial charge in [0.1, 0.15) is 6.54 Å². The highest BCUT2D eigenvalue weighted by atomic mass is 16.5. The summed E-state index contributed by atoms with van der Waals surface area (Å²) >= 11 is 0. The average Bonchev–Trinajstić information content (AvgIpc) is 3.24. The van der Waals surface area contributed by atoms with Gasteiger partial charge in [0.2, 0.25) is 5.75 Å². The fourth-order valence-electron chi connectivity index (χ4n) is 3.54. The maximum Gasteiger partial charge on any atom is 0.326 e. The quantitative estimate of drug-likeness (QED) is 0.624. The second kappa shape index (κ2) is 10.0. The van der Waals surface area contributed by atoms with Gasteiger partial charge in [-0.25, -0.2) is 0 Å². The Morgan fingerprint density at radius 1 is 1.03 bits per heavy atom. The van der Waals surface area contributed by atoms with E-state index in [0.29, 0.717) is 23.8 Å². The molecule has 0 bridgehead atoms. The van der Waals surface area contributed by atoms with Crippen LogP contribution >= 0.6 is 0 Å². The summed E-state index contributed by atoms with van der Waals surface area (Å²) in [6.07, 6.45) is -0.223. The first-order valence-corrected chi connectivity index (χ1v) is 10.1. The minimum absolute atomic E-state index is 0.213. The Hall–Kier alpha value is -3.75. The molecule has 1 N–H and O–H groups in total. The van der Waals surface area contributed by atoms with Crippen molar-refractivity contribution in [3.05, 3.63) is 47.5 Å². The number of esters is 1. The monoisotopic (exact) mass is 442 g/mol. The van der Waals surface area contributed by atoms with Crippen LogP contribution in [0.4, 0.5) is 5.69 Å². The second-order valence-electron chi connectivity index (χ2n) is 7.10. The Morgan fingerprint density at radius 2 is 1.69 bits per heavy atom. The molecule has 0 aromatic heterocycles. The molecular weight excluding hydrogens is 416 g/mol. The van der Waals surface area contributed by atoms with Crippen LogP contribution in [0.1, 0.15) is 22.8 Å². The third-order valence-corrected chi connectivity index (χ3v) is 5.13. The van der Waals surface area contributed by atoms with E-state index in [4.69, 9.17) is 18.9 Å². The van der Waals surface area contributed by atoms with Gasteiger partial charge in [-0.1, -0.05) is 18.2 Å². The van der Waals surface area contributed by atoms with Crippen LogP contribution < -0.4 is 24.4 Å². The first-order chi connectivity index (χ1) is 15.4. The molecule has 1 aliphatic rings. The van der Waals surface area contributed by atoms with Crippen LogP contribution in [0.15, 0.2) is 36.4 Å². The number of nitrogens with zero attached hydrogens (tertiary/aromatic N) is 1. The highest BCUT2D eigenvalue weighted by Gasteiger charge is 2.29. The largest absolute Gasteiger partial charge is 0.493 e. The Morgan fingerprint density at radius 3 is 2.31 bits per heavy atom. The number of para-hydroxylation sites is 1. The van der Waals surface area contributed by atoms with Gasteiger partial charge in [0.25, 0.3) is 11.8 Å². The number of methoxy groups -OCH3 is 3. The molecular formula is C23H26N2O7. The molecule has 0 fully saturated rings. The van der Waals surface area contributed by atoms with Gasteiger partial charge in [0, 0.05) is 17.8 Å². The molecule has 1 heterocycles. The Kier molecular flexibility index (Phi) is 7.19. The van der Waals surface area contributed by atoms with E-state index in [-0.39, 0.29) is 11.5 Å². The van der Waals surface area contributed by atoms with Crippen molar-refractivity contribution in [2.75, 3.05) is 39.3 Å². The first-order valence-electron chi connectivity index (χ1n) is 10.1. The second-order valence-corrected chi connectivity index (χ2v) is 7.10. The number of nitrogens with one attached hydrogen (secondary N) is 1. The number of hydrogen-bond acceptors (Lipinski definition) is 7. The van der Waals surface area contributed by atoms with Crippen molar-refractivity contribution in [2.24, 2.45) is 0 Å². The molecule has 1 aliphatic heterocycles. The van der Waals surface area contributed by atoms with E-state index in [0.717, 1.165) is 17.7 Å². The van der Waals surface area contributed by atoms with Gasteiger partial charge in [-0.3, -0.25) is 14.4 Å². The molecule has 9 heteroatoms. The van der Waals surface area contributed by atoms with Crippen LogP contribution in [0.25, 0.3) is 0 Å². The minimum Gasteiger partial charge on any atom is -0.493 e. The zero-order valence-electron chi connectivity index (χ0n) is 18.5. The molecule has 3 rings (SSSR count). The molecule has 32 heavy (non-hydrogen) atoms. The Bertz CT molecular complexity index is 996. The van der Waals surface area contributed by atoms with Crippen molar-refractivity contribution in [3.8, 4) is 17.2 Å². The van der Waals surface area contributed by atoms with Gasteiger partial charge in [-0.2, -0.15) is 0 Å². The van der Waals surface area contributed by atoms with Crippen LogP contribution in [0, 0.1) is 0 Å². The predicted molar refractivity (Wildman–Crippen MR) is 116 cm³/mol. The number of anilines is 1. The van der Waals surface area contributed by atoms with Crippen LogP contribution in [-0.4, -0.2) is 58.3 Å². The molecule has 170 valence electrons. The van der Waals surface area contributed by atoms with Crippen LogP contribution in [0.5, 0.6) is 17.2 Å². The van der Waals surface area contributed by atoms with E-state index >= 15 is 0 Å². The van der Waals surface area contributed by atoms with Crippen molar-refractivity contribution in [3.63, 3.8) is 0 Å². The summed E-state index contributed by atoms with van der Waals surface area (Å²) in [5.41, 5.74) is 2.12. The molecule has 9 nitrogen and oxygen atoms in total. The maximum absolute atomic E-state index is 12.7. The normalized spacial score (nSPS) is 13.1. The molecule has 1 unspecified atom stereocenters. The van der Waals surface area contributed by atoms with Gasteiger partial charge in [-0.05, 0) is 37.1 Å². The first kappa shape index (κ1) is 22.9. The van der Waals surface area contributed by atoms with Gasteiger partial charge in [0.05, 0.1) is 21.3 Å². The molecule has 2 aromatic rings. The zero-order valence-corrected chi connectivity index (χ0v) is 18.5. The van der Waals surface area contributed by atoms with Crippen LogP contribution in [0.2, 0.25) is 0 Å². The number of ether oxygens (including phenoxy) is 4. The Labute approximate surface area is 186 Å². The molecule has 0 aliphatic carbocycles. The summed E-state index contributed by atoms with van der Waals surface area (Å²) in [7, 11) is 4.33. The van der Waals surface area contributed by atoms with Crippen molar-refractivity contribution >= 4 is 23.5 Å². The molecule has 0 saturated carbocycles. The molecule has 2 aromatic carbocycles. The summed E-state index contributed by atoms with van der Waals surface area (Å²) < 4.78 is 20.9. The van der Waals surface area contributed by atoms with Gasteiger partial charge >= 0.3 is 5.97 Å². The fraction of sp³-hybridized carbons (Fsp3) is 0.348. The predicted octanol–water partition coefficient (Wildman–Crippen LogP) is 1.96. The van der Waals surface area contributed by atoms with Crippen molar-refractivity contribution in [2.45, 2.75) is 19.4 Å². The number of hydrogen-bond donors (Lipinski definition) is 1. The fourth-order valence-corrected chi connectivity index (χ4v) is 3.54. The molecule has 0 saturated heterocycles. The summed E-state index contributed by atoms with van der Waals surface area (Å²) in [5, 5.41) is 2.48. The van der Waals surface area contributed by atoms with E-state index < -0.39 is 24.5 Å². The number of fused-ring (bicyclic) bond motifs is 1. The smallest absolute Gasteiger partial charge is 0.326 e. The number of benzene rings is 2. The highest BCUT2D eigenvalue weighted by Crippen LogP contribution is 2.38. The van der Waals surface area contributed by atoms with E-state index in [2.05, 4.69) is 5.32 Å².